The van der Waals surface area contributed by atoms with Crippen LogP contribution in [0, 0.1) is 5.92 Å². The van der Waals surface area contributed by atoms with Crippen LogP contribution in [0.25, 0.3) is 0 Å². The second kappa shape index (κ2) is 8.29. The van der Waals surface area contributed by atoms with Crippen LogP contribution in [0.4, 0.5) is 0 Å². The van der Waals surface area contributed by atoms with Crippen molar-refractivity contribution in [2.45, 2.75) is 31.8 Å². The maximum absolute atomic E-state index is 12.7. The van der Waals surface area contributed by atoms with Crippen molar-refractivity contribution >= 4 is 11.8 Å². The second-order valence-corrected chi connectivity index (χ2v) is 6.51. The molecule has 0 saturated carbocycles. The van der Waals surface area contributed by atoms with E-state index in [-0.39, 0.29) is 23.8 Å². The molecule has 25 heavy (non-hydrogen) atoms. The van der Waals surface area contributed by atoms with E-state index in [0.717, 1.165) is 32.2 Å². The largest absolute Gasteiger partial charge is 0.488 e. The van der Waals surface area contributed by atoms with Crippen molar-refractivity contribution in [2.24, 2.45) is 5.92 Å². The van der Waals surface area contributed by atoms with E-state index in [9.17, 15) is 9.59 Å². The van der Waals surface area contributed by atoms with Gasteiger partial charge >= 0.3 is 0 Å². The number of piperidine rings is 1. The average Bonchev–Trinajstić information content (AvgIpc) is 2.68. The van der Waals surface area contributed by atoms with Gasteiger partial charge in [0.25, 0.3) is 5.91 Å². The maximum atomic E-state index is 12.7. The van der Waals surface area contributed by atoms with Crippen molar-refractivity contribution < 1.29 is 19.1 Å². The maximum Gasteiger partial charge on any atom is 0.269 e. The van der Waals surface area contributed by atoms with Gasteiger partial charge in [0, 0.05) is 45.0 Å². The van der Waals surface area contributed by atoms with Crippen LogP contribution in [0.15, 0.2) is 18.3 Å². The number of nitrogens with one attached hydrogen (secondary N) is 1. The van der Waals surface area contributed by atoms with Crippen LogP contribution in [0.5, 0.6) is 5.75 Å². The molecule has 2 aliphatic rings. The minimum absolute atomic E-state index is 0.0579. The van der Waals surface area contributed by atoms with Gasteiger partial charge in [-0.3, -0.25) is 14.6 Å². The van der Waals surface area contributed by atoms with E-state index < -0.39 is 0 Å². The first kappa shape index (κ1) is 17.7. The lowest BCUT2D eigenvalue weighted by molar-refractivity contribution is -0.141. The summed E-state index contributed by atoms with van der Waals surface area (Å²) in [6, 6.07) is 3.38. The topological polar surface area (TPSA) is 80.8 Å². The quantitative estimate of drug-likeness (QED) is 0.886. The lowest BCUT2D eigenvalue weighted by atomic mass is 9.97. The summed E-state index contributed by atoms with van der Waals surface area (Å²) in [5.41, 5.74) is 0.325. The smallest absolute Gasteiger partial charge is 0.269 e. The SMILES string of the molecule is CNC(=O)c1cc(O[C@H]2CCCN(C(=O)C3CCOCC3)C2)ccn1. The van der Waals surface area contributed by atoms with Crippen LogP contribution < -0.4 is 10.1 Å². The molecule has 0 radical (unpaired) electrons. The van der Waals surface area contributed by atoms with E-state index in [0.29, 0.717) is 31.2 Å². The van der Waals surface area contributed by atoms with E-state index in [1.165, 1.54) is 0 Å². The Morgan fingerprint density at radius 2 is 2.12 bits per heavy atom. The molecule has 3 rings (SSSR count). The van der Waals surface area contributed by atoms with Gasteiger partial charge < -0.3 is 19.7 Å². The van der Waals surface area contributed by atoms with E-state index >= 15 is 0 Å². The van der Waals surface area contributed by atoms with Crippen LogP contribution in [-0.2, 0) is 9.53 Å². The van der Waals surface area contributed by atoms with Gasteiger partial charge in [0.1, 0.15) is 17.5 Å². The Morgan fingerprint density at radius 1 is 1.32 bits per heavy atom. The lowest BCUT2D eigenvalue weighted by Crippen LogP contribution is -2.47. The van der Waals surface area contributed by atoms with Gasteiger partial charge in [-0.15, -0.1) is 0 Å². The van der Waals surface area contributed by atoms with Crippen molar-refractivity contribution in [3.05, 3.63) is 24.0 Å². The Kier molecular flexibility index (Phi) is 5.86. The number of rotatable bonds is 4. The van der Waals surface area contributed by atoms with Crippen LogP contribution in [0.2, 0.25) is 0 Å². The molecular weight excluding hydrogens is 322 g/mol. The number of ether oxygens (including phenoxy) is 2. The van der Waals surface area contributed by atoms with Gasteiger partial charge in [0.05, 0.1) is 6.54 Å². The number of aromatic nitrogens is 1. The van der Waals surface area contributed by atoms with Gasteiger partial charge in [0.2, 0.25) is 5.91 Å². The third-order valence-corrected chi connectivity index (χ3v) is 4.75. The van der Waals surface area contributed by atoms with Crippen molar-refractivity contribution in [3.63, 3.8) is 0 Å². The van der Waals surface area contributed by atoms with Crippen molar-refractivity contribution in [1.82, 2.24) is 15.2 Å². The molecule has 0 aliphatic carbocycles. The molecule has 1 aromatic heterocycles. The molecular formula is C18H25N3O4. The molecule has 0 bridgehead atoms. The summed E-state index contributed by atoms with van der Waals surface area (Å²) in [5.74, 6) is 0.662. The molecule has 3 heterocycles. The molecule has 136 valence electrons. The Hall–Kier alpha value is -2.15. The highest BCUT2D eigenvalue weighted by atomic mass is 16.5. The van der Waals surface area contributed by atoms with E-state index in [4.69, 9.17) is 9.47 Å². The highest BCUT2D eigenvalue weighted by Crippen LogP contribution is 2.23. The monoisotopic (exact) mass is 347 g/mol. The molecule has 2 aliphatic heterocycles. The molecule has 0 unspecified atom stereocenters. The Balaban J connectivity index is 1.60. The summed E-state index contributed by atoms with van der Waals surface area (Å²) >= 11 is 0. The number of hydrogen-bond acceptors (Lipinski definition) is 5. The van der Waals surface area contributed by atoms with E-state index in [1.54, 1.807) is 25.4 Å². The molecule has 2 saturated heterocycles. The fourth-order valence-corrected chi connectivity index (χ4v) is 3.37. The molecule has 1 aromatic rings. The molecule has 2 fully saturated rings. The number of carbonyl (C=O) groups excluding carboxylic acids is 2. The van der Waals surface area contributed by atoms with Gasteiger partial charge in [-0.25, -0.2) is 0 Å². The zero-order chi connectivity index (χ0) is 17.6. The summed E-state index contributed by atoms with van der Waals surface area (Å²) < 4.78 is 11.4. The zero-order valence-electron chi connectivity index (χ0n) is 14.6. The number of pyridine rings is 1. The van der Waals surface area contributed by atoms with Crippen molar-refractivity contribution in [1.29, 1.82) is 0 Å². The van der Waals surface area contributed by atoms with Crippen LogP contribution in [-0.4, -0.2) is 61.2 Å². The highest BCUT2D eigenvalue weighted by molar-refractivity contribution is 5.92. The summed E-state index contributed by atoms with van der Waals surface area (Å²) in [6.07, 6.45) is 4.94. The molecule has 1 N–H and O–H groups in total. The molecule has 7 nitrogen and oxygen atoms in total. The number of likely N-dealkylation sites (tertiary alicyclic amines) is 1. The van der Waals surface area contributed by atoms with Gasteiger partial charge in [0.15, 0.2) is 0 Å². The Labute approximate surface area is 147 Å². The Morgan fingerprint density at radius 3 is 2.88 bits per heavy atom. The molecule has 1 atom stereocenters. The van der Waals surface area contributed by atoms with E-state index in [1.807, 2.05) is 4.90 Å². The van der Waals surface area contributed by atoms with Crippen molar-refractivity contribution in [3.8, 4) is 5.75 Å². The first-order valence-corrected chi connectivity index (χ1v) is 8.88. The minimum atomic E-state index is -0.245. The molecule has 2 amide bonds. The number of nitrogens with zero attached hydrogens (tertiary/aromatic N) is 2. The standard InChI is InChI=1S/C18H25N3O4/c1-19-17(22)16-11-14(4-7-20-16)25-15-3-2-8-21(12-15)18(23)13-5-9-24-10-6-13/h4,7,11,13,15H,2-3,5-6,8-10,12H2,1H3,(H,19,22)/t15-/m0/s1. The predicted octanol–water partition coefficient (Wildman–Crippen LogP) is 1.24. The second-order valence-electron chi connectivity index (χ2n) is 6.51. The summed E-state index contributed by atoms with van der Waals surface area (Å²) in [4.78, 5) is 30.3. The Bertz CT molecular complexity index is 616. The summed E-state index contributed by atoms with van der Waals surface area (Å²) in [7, 11) is 1.57. The first-order chi connectivity index (χ1) is 12.2. The van der Waals surface area contributed by atoms with E-state index in [2.05, 4.69) is 10.3 Å². The summed E-state index contributed by atoms with van der Waals surface area (Å²) in [6.45, 7) is 2.72. The fourth-order valence-electron chi connectivity index (χ4n) is 3.37. The average molecular weight is 347 g/mol. The number of amides is 2. The van der Waals surface area contributed by atoms with Crippen molar-refractivity contribution in [2.75, 3.05) is 33.4 Å². The van der Waals surface area contributed by atoms with Crippen LogP contribution in [0.3, 0.4) is 0 Å². The molecule has 0 aromatic carbocycles. The third-order valence-electron chi connectivity index (χ3n) is 4.75. The molecule has 0 spiro atoms. The predicted molar refractivity (Wildman–Crippen MR) is 91.4 cm³/mol. The first-order valence-electron chi connectivity index (χ1n) is 8.88. The zero-order valence-corrected chi connectivity index (χ0v) is 14.6. The lowest BCUT2D eigenvalue weighted by Gasteiger charge is -2.35. The van der Waals surface area contributed by atoms with Crippen LogP contribution in [0.1, 0.15) is 36.2 Å². The van der Waals surface area contributed by atoms with Crippen LogP contribution >= 0.6 is 0 Å². The normalized spacial score (nSPS) is 21.6. The summed E-state index contributed by atoms with van der Waals surface area (Å²) in [5, 5.41) is 2.55. The van der Waals surface area contributed by atoms with Gasteiger partial charge in [-0.1, -0.05) is 0 Å². The number of carbonyl (C=O) groups is 2. The fraction of sp³-hybridized carbons (Fsp3) is 0.611. The van der Waals surface area contributed by atoms with Gasteiger partial charge in [-0.2, -0.15) is 0 Å². The third kappa shape index (κ3) is 4.48. The number of hydrogen-bond donors (Lipinski definition) is 1. The molecule has 7 heteroatoms. The minimum Gasteiger partial charge on any atom is -0.488 e. The highest BCUT2D eigenvalue weighted by Gasteiger charge is 2.30. The van der Waals surface area contributed by atoms with Gasteiger partial charge in [-0.05, 0) is 31.7 Å².